The van der Waals surface area contributed by atoms with Crippen LogP contribution < -0.4 is 4.74 Å². The molecular formula is C16H15ClO2. The van der Waals surface area contributed by atoms with Crippen LogP contribution in [0.4, 0.5) is 0 Å². The molecule has 0 saturated heterocycles. The van der Waals surface area contributed by atoms with Gasteiger partial charge in [-0.05, 0) is 48.6 Å². The van der Waals surface area contributed by atoms with Gasteiger partial charge in [0, 0.05) is 5.56 Å². The summed E-state index contributed by atoms with van der Waals surface area (Å²) in [5.41, 5.74) is 3.47. The first-order valence-electron chi connectivity index (χ1n) is 6.46. The van der Waals surface area contributed by atoms with Crippen molar-refractivity contribution >= 4 is 11.6 Å². The zero-order valence-electron chi connectivity index (χ0n) is 10.5. The number of aryl methyl sites for hydroxylation is 2. The van der Waals surface area contributed by atoms with Gasteiger partial charge in [0.05, 0.1) is 11.6 Å². The van der Waals surface area contributed by atoms with Crippen LogP contribution in [0.1, 0.15) is 23.1 Å². The summed E-state index contributed by atoms with van der Waals surface area (Å²) in [7, 11) is 0. The lowest BCUT2D eigenvalue weighted by molar-refractivity contribution is 0.276. The summed E-state index contributed by atoms with van der Waals surface area (Å²) in [6.07, 6.45) is 3.48. The molecule has 2 aromatic rings. The number of aliphatic hydroxyl groups excluding tert-OH is 1. The lowest BCUT2D eigenvalue weighted by Gasteiger charge is -2.12. The molecule has 2 nitrogen and oxygen atoms in total. The van der Waals surface area contributed by atoms with E-state index < -0.39 is 0 Å². The molecule has 0 fully saturated rings. The van der Waals surface area contributed by atoms with Crippen LogP contribution in [0.25, 0.3) is 0 Å². The highest BCUT2D eigenvalue weighted by molar-refractivity contribution is 6.32. The second-order valence-corrected chi connectivity index (χ2v) is 5.18. The summed E-state index contributed by atoms with van der Waals surface area (Å²) in [4.78, 5) is 0. The molecule has 0 amide bonds. The second-order valence-electron chi connectivity index (χ2n) is 4.77. The number of hydrogen-bond donors (Lipinski definition) is 1. The summed E-state index contributed by atoms with van der Waals surface area (Å²) >= 11 is 6.14. The van der Waals surface area contributed by atoms with Crippen LogP contribution in [0.3, 0.4) is 0 Å². The number of halogens is 1. The maximum atomic E-state index is 9.34. The monoisotopic (exact) mass is 274 g/mol. The fraction of sp³-hybridized carbons (Fsp3) is 0.250. The van der Waals surface area contributed by atoms with Gasteiger partial charge in [-0.2, -0.15) is 0 Å². The molecule has 98 valence electrons. The molecule has 0 heterocycles. The van der Waals surface area contributed by atoms with Gasteiger partial charge in [0.1, 0.15) is 5.75 Å². The van der Waals surface area contributed by atoms with Gasteiger partial charge in [-0.3, -0.25) is 0 Å². The summed E-state index contributed by atoms with van der Waals surface area (Å²) in [6, 6.07) is 11.6. The summed E-state index contributed by atoms with van der Waals surface area (Å²) in [6.45, 7) is -0.0825. The largest absolute Gasteiger partial charge is 0.455 e. The molecule has 1 aliphatic carbocycles. The maximum absolute atomic E-state index is 9.34. The molecule has 1 N–H and O–H groups in total. The van der Waals surface area contributed by atoms with Crippen molar-refractivity contribution in [2.45, 2.75) is 25.9 Å². The van der Waals surface area contributed by atoms with Gasteiger partial charge in [-0.15, -0.1) is 0 Å². The van der Waals surface area contributed by atoms with Crippen molar-refractivity contribution in [3.8, 4) is 11.5 Å². The molecule has 0 unspecified atom stereocenters. The highest BCUT2D eigenvalue weighted by atomic mass is 35.5. The van der Waals surface area contributed by atoms with E-state index in [1.54, 1.807) is 6.07 Å². The van der Waals surface area contributed by atoms with Gasteiger partial charge in [-0.1, -0.05) is 29.8 Å². The smallest absolute Gasteiger partial charge is 0.151 e. The van der Waals surface area contributed by atoms with E-state index in [0.29, 0.717) is 16.3 Å². The third-order valence-corrected chi connectivity index (χ3v) is 3.81. The zero-order chi connectivity index (χ0) is 13.2. The number of benzene rings is 2. The first kappa shape index (κ1) is 12.5. The second kappa shape index (κ2) is 5.24. The van der Waals surface area contributed by atoms with E-state index in [-0.39, 0.29) is 6.61 Å². The van der Waals surface area contributed by atoms with Crippen molar-refractivity contribution < 1.29 is 9.84 Å². The van der Waals surface area contributed by atoms with Gasteiger partial charge in [0.15, 0.2) is 5.75 Å². The van der Waals surface area contributed by atoms with Gasteiger partial charge in [0.2, 0.25) is 0 Å². The van der Waals surface area contributed by atoms with Crippen molar-refractivity contribution in [1.29, 1.82) is 0 Å². The molecule has 1 aliphatic rings. The number of rotatable bonds is 3. The third-order valence-electron chi connectivity index (χ3n) is 3.51. The quantitative estimate of drug-likeness (QED) is 0.912. The summed E-state index contributed by atoms with van der Waals surface area (Å²) in [5.74, 6) is 1.33. The highest BCUT2D eigenvalue weighted by Crippen LogP contribution is 2.34. The lowest BCUT2D eigenvalue weighted by atomic mass is 10.1. The van der Waals surface area contributed by atoms with Crippen LogP contribution in [0, 0.1) is 0 Å². The third kappa shape index (κ3) is 2.46. The van der Waals surface area contributed by atoms with Crippen molar-refractivity contribution in [3.63, 3.8) is 0 Å². The van der Waals surface area contributed by atoms with Gasteiger partial charge in [-0.25, -0.2) is 0 Å². The van der Waals surface area contributed by atoms with Crippen LogP contribution >= 0.6 is 11.6 Å². The molecule has 0 radical (unpaired) electrons. The number of fused-ring (bicyclic) bond motifs is 1. The minimum absolute atomic E-state index is 0.0825. The Labute approximate surface area is 117 Å². The molecule has 0 bridgehead atoms. The number of ether oxygens (including phenoxy) is 1. The SMILES string of the molecule is OCc1cccc(Cl)c1Oc1ccc2c(c1)CCC2. The molecule has 19 heavy (non-hydrogen) atoms. The molecule has 0 atom stereocenters. The van der Waals surface area contributed by atoms with Crippen molar-refractivity contribution in [2.75, 3.05) is 0 Å². The Bertz CT molecular complexity index is 608. The fourth-order valence-corrected chi connectivity index (χ4v) is 2.75. The van der Waals surface area contributed by atoms with E-state index in [1.165, 1.54) is 17.5 Å². The van der Waals surface area contributed by atoms with Crippen molar-refractivity contribution in [3.05, 3.63) is 58.1 Å². The molecule has 0 spiro atoms. The predicted octanol–water partition coefficient (Wildman–Crippen LogP) is 4.11. The van der Waals surface area contributed by atoms with Crippen LogP contribution in [-0.4, -0.2) is 5.11 Å². The number of para-hydroxylation sites is 1. The zero-order valence-corrected chi connectivity index (χ0v) is 11.3. The molecule has 0 saturated carbocycles. The van der Waals surface area contributed by atoms with Gasteiger partial charge < -0.3 is 9.84 Å². The summed E-state index contributed by atoms with van der Waals surface area (Å²) < 4.78 is 5.86. The Morgan fingerprint density at radius 2 is 1.95 bits per heavy atom. The lowest BCUT2D eigenvalue weighted by Crippen LogP contribution is -1.93. The Balaban J connectivity index is 1.93. The standard InChI is InChI=1S/C16H15ClO2/c17-15-6-2-5-13(10-18)16(15)19-14-8-7-11-3-1-4-12(11)9-14/h2,5-9,18H,1,3-4,10H2. The van der Waals surface area contributed by atoms with E-state index in [9.17, 15) is 5.11 Å². The first-order valence-corrected chi connectivity index (χ1v) is 6.83. The molecule has 3 heteroatoms. The first-order chi connectivity index (χ1) is 9.28. The molecule has 0 aromatic heterocycles. The van der Waals surface area contributed by atoms with Crippen molar-refractivity contribution in [1.82, 2.24) is 0 Å². The van der Waals surface area contributed by atoms with Crippen molar-refractivity contribution in [2.24, 2.45) is 0 Å². The molecular weight excluding hydrogens is 260 g/mol. The predicted molar refractivity (Wildman–Crippen MR) is 75.9 cm³/mol. The summed E-state index contributed by atoms with van der Waals surface area (Å²) in [5, 5.41) is 9.86. The van der Waals surface area contributed by atoms with E-state index in [2.05, 4.69) is 12.1 Å². The van der Waals surface area contributed by atoms with Crippen LogP contribution in [-0.2, 0) is 19.4 Å². The Hall–Kier alpha value is -1.51. The topological polar surface area (TPSA) is 29.5 Å². The van der Waals surface area contributed by atoms with Crippen LogP contribution in [0.5, 0.6) is 11.5 Å². The minimum Gasteiger partial charge on any atom is -0.455 e. The highest BCUT2D eigenvalue weighted by Gasteiger charge is 2.13. The average molecular weight is 275 g/mol. The van der Waals surface area contributed by atoms with Crippen LogP contribution in [0.2, 0.25) is 5.02 Å². The Morgan fingerprint density at radius 3 is 2.79 bits per heavy atom. The fourth-order valence-electron chi connectivity index (χ4n) is 2.52. The van der Waals surface area contributed by atoms with E-state index >= 15 is 0 Å². The Morgan fingerprint density at radius 1 is 1.11 bits per heavy atom. The van der Waals surface area contributed by atoms with Gasteiger partial charge >= 0.3 is 0 Å². The van der Waals surface area contributed by atoms with Gasteiger partial charge in [0.25, 0.3) is 0 Å². The number of hydrogen-bond acceptors (Lipinski definition) is 2. The Kier molecular flexibility index (Phi) is 3.45. The average Bonchev–Trinajstić information content (AvgIpc) is 2.88. The molecule has 2 aromatic carbocycles. The minimum atomic E-state index is -0.0825. The van der Waals surface area contributed by atoms with Crippen LogP contribution in [0.15, 0.2) is 36.4 Å². The van der Waals surface area contributed by atoms with E-state index in [4.69, 9.17) is 16.3 Å². The maximum Gasteiger partial charge on any atom is 0.151 e. The van der Waals surface area contributed by atoms with E-state index in [0.717, 1.165) is 18.6 Å². The molecule has 0 aliphatic heterocycles. The molecule has 3 rings (SSSR count). The van der Waals surface area contributed by atoms with E-state index in [1.807, 2.05) is 18.2 Å². The number of aliphatic hydroxyl groups is 1. The normalized spacial score (nSPS) is 13.4.